The van der Waals surface area contributed by atoms with E-state index >= 15 is 0 Å². The molecular formula is C15H28N4. The van der Waals surface area contributed by atoms with E-state index in [1.807, 2.05) is 4.68 Å². The van der Waals surface area contributed by atoms with Gasteiger partial charge in [0.1, 0.15) is 0 Å². The van der Waals surface area contributed by atoms with Gasteiger partial charge in [0.2, 0.25) is 0 Å². The average molecular weight is 264 g/mol. The minimum atomic E-state index is 0.744. The van der Waals surface area contributed by atoms with Crippen LogP contribution in [0, 0.1) is 0 Å². The van der Waals surface area contributed by atoms with Crippen molar-refractivity contribution in [1.29, 1.82) is 0 Å². The first-order valence-electron chi connectivity index (χ1n) is 8.01. The second-order valence-electron chi connectivity index (χ2n) is 5.75. The summed E-state index contributed by atoms with van der Waals surface area (Å²) in [5.41, 5.74) is 1.08. The standard InChI is InChI=1S/C15H28N4/c1-2-3-4-5-6-7-8-11-19-13-15(17-18-19)12-16-14-9-10-14/h13-14,16H,2-12H2,1H3. The zero-order chi connectivity index (χ0) is 13.3. The Balaban J connectivity index is 1.50. The van der Waals surface area contributed by atoms with Crippen LogP contribution in [-0.2, 0) is 13.1 Å². The summed E-state index contributed by atoms with van der Waals surface area (Å²) in [5, 5.41) is 11.9. The Labute approximate surface area is 117 Å². The maximum atomic E-state index is 4.21. The number of rotatable bonds is 11. The van der Waals surface area contributed by atoms with Crippen molar-refractivity contribution in [1.82, 2.24) is 20.3 Å². The molecule has 0 aliphatic heterocycles. The Morgan fingerprint density at radius 3 is 2.63 bits per heavy atom. The summed E-state index contributed by atoms with van der Waals surface area (Å²) in [6.07, 6.45) is 14.2. The fraction of sp³-hybridized carbons (Fsp3) is 0.867. The van der Waals surface area contributed by atoms with E-state index < -0.39 is 0 Å². The summed E-state index contributed by atoms with van der Waals surface area (Å²) >= 11 is 0. The minimum Gasteiger partial charge on any atom is -0.308 e. The van der Waals surface area contributed by atoms with Crippen LogP contribution in [0.15, 0.2) is 6.20 Å². The van der Waals surface area contributed by atoms with Gasteiger partial charge in [-0.25, -0.2) is 0 Å². The highest BCUT2D eigenvalue weighted by Gasteiger charge is 2.20. The zero-order valence-electron chi connectivity index (χ0n) is 12.3. The van der Waals surface area contributed by atoms with Crippen LogP contribution in [0.4, 0.5) is 0 Å². The van der Waals surface area contributed by atoms with Crippen LogP contribution in [0.1, 0.15) is 70.4 Å². The third-order valence-corrected chi connectivity index (χ3v) is 3.73. The van der Waals surface area contributed by atoms with E-state index in [1.165, 1.54) is 57.8 Å². The first kappa shape index (κ1) is 14.5. The molecule has 1 aliphatic carbocycles. The predicted molar refractivity (Wildman–Crippen MR) is 77.9 cm³/mol. The van der Waals surface area contributed by atoms with Crippen molar-refractivity contribution >= 4 is 0 Å². The summed E-state index contributed by atoms with van der Waals surface area (Å²) in [6.45, 7) is 4.16. The minimum absolute atomic E-state index is 0.744. The molecule has 0 unspecified atom stereocenters. The van der Waals surface area contributed by atoms with E-state index in [-0.39, 0.29) is 0 Å². The van der Waals surface area contributed by atoms with Crippen molar-refractivity contribution in [2.24, 2.45) is 0 Å². The number of nitrogens with one attached hydrogen (secondary N) is 1. The van der Waals surface area contributed by atoms with Gasteiger partial charge in [-0.2, -0.15) is 0 Å². The van der Waals surface area contributed by atoms with Crippen molar-refractivity contribution in [3.05, 3.63) is 11.9 Å². The molecule has 0 aromatic carbocycles. The topological polar surface area (TPSA) is 42.7 Å². The van der Waals surface area contributed by atoms with Crippen LogP contribution in [0.2, 0.25) is 0 Å². The van der Waals surface area contributed by atoms with E-state index in [2.05, 4.69) is 28.7 Å². The summed E-state index contributed by atoms with van der Waals surface area (Å²) < 4.78 is 2.00. The lowest BCUT2D eigenvalue weighted by atomic mass is 10.1. The molecule has 4 heteroatoms. The Bertz CT molecular complexity index is 344. The fourth-order valence-electron chi connectivity index (χ4n) is 2.30. The molecule has 1 heterocycles. The third-order valence-electron chi connectivity index (χ3n) is 3.73. The van der Waals surface area contributed by atoms with E-state index in [0.29, 0.717) is 0 Å². The molecule has 2 rings (SSSR count). The van der Waals surface area contributed by atoms with Gasteiger partial charge in [-0.15, -0.1) is 5.10 Å². The summed E-state index contributed by atoms with van der Waals surface area (Å²) in [7, 11) is 0. The van der Waals surface area contributed by atoms with Crippen molar-refractivity contribution in [3.8, 4) is 0 Å². The number of aryl methyl sites for hydroxylation is 1. The van der Waals surface area contributed by atoms with Crippen LogP contribution in [0.25, 0.3) is 0 Å². The molecule has 1 fully saturated rings. The monoisotopic (exact) mass is 264 g/mol. The smallest absolute Gasteiger partial charge is 0.0964 e. The number of aromatic nitrogens is 3. The highest BCUT2D eigenvalue weighted by molar-refractivity contribution is 4.94. The van der Waals surface area contributed by atoms with E-state index in [0.717, 1.165) is 24.8 Å². The molecule has 19 heavy (non-hydrogen) atoms. The second kappa shape index (κ2) is 8.31. The molecule has 1 aliphatic rings. The maximum Gasteiger partial charge on any atom is 0.0964 e. The van der Waals surface area contributed by atoms with Gasteiger partial charge in [-0.05, 0) is 19.3 Å². The molecule has 1 N–H and O–H groups in total. The molecule has 4 nitrogen and oxygen atoms in total. The van der Waals surface area contributed by atoms with Gasteiger partial charge >= 0.3 is 0 Å². The highest BCUT2D eigenvalue weighted by Crippen LogP contribution is 2.18. The SMILES string of the molecule is CCCCCCCCCn1cc(CNC2CC2)nn1. The van der Waals surface area contributed by atoms with Crippen molar-refractivity contribution in [3.63, 3.8) is 0 Å². The zero-order valence-corrected chi connectivity index (χ0v) is 12.3. The van der Waals surface area contributed by atoms with Crippen molar-refractivity contribution in [2.45, 2.75) is 83.8 Å². The van der Waals surface area contributed by atoms with Gasteiger partial charge in [-0.1, -0.05) is 50.7 Å². The molecule has 1 aromatic rings. The van der Waals surface area contributed by atoms with Gasteiger partial charge < -0.3 is 5.32 Å². The molecule has 0 amide bonds. The number of unbranched alkanes of at least 4 members (excludes halogenated alkanes) is 6. The number of hydrogen-bond donors (Lipinski definition) is 1. The van der Waals surface area contributed by atoms with Gasteiger partial charge in [0, 0.05) is 25.3 Å². The summed E-state index contributed by atoms with van der Waals surface area (Å²) in [4.78, 5) is 0. The first-order chi connectivity index (χ1) is 9.38. The number of hydrogen-bond acceptors (Lipinski definition) is 3. The van der Waals surface area contributed by atoms with Crippen molar-refractivity contribution in [2.75, 3.05) is 0 Å². The Kier molecular flexibility index (Phi) is 6.34. The highest BCUT2D eigenvalue weighted by atomic mass is 15.4. The maximum absolute atomic E-state index is 4.21. The summed E-state index contributed by atoms with van der Waals surface area (Å²) in [6, 6.07) is 0.744. The van der Waals surface area contributed by atoms with Gasteiger partial charge in [0.15, 0.2) is 0 Å². The summed E-state index contributed by atoms with van der Waals surface area (Å²) in [5.74, 6) is 0. The first-order valence-corrected chi connectivity index (χ1v) is 8.01. The van der Waals surface area contributed by atoms with Gasteiger partial charge in [-0.3, -0.25) is 4.68 Å². The van der Waals surface area contributed by atoms with E-state index in [4.69, 9.17) is 0 Å². The van der Waals surface area contributed by atoms with E-state index in [1.54, 1.807) is 0 Å². The molecular weight excluding hydrogens is 236 g/mol. The average Bonchev–Trinajstić information content (AvgIpc) is 3.15. The van der Waals surface area contributed by atoms with Gasteiger partial charge in [0.25, 0.3) is 0 Å². The van der Waals surface area contributed by atoms with Crippen LogP contribution in [0.5, 0.6) is 0 Å². The fourth-order valence-corrected chi connectivity index (χ4v) is 2.30. The number of nitrogens with zero attached hydrogens (tertiary/aromatic N) is 3. The van der Waals surface area contributed by atoms with Crippen molar-refractivity contribution < 1.29 is 0 Å². The van der Waals surface area contributed by atoms with Crippen LogP contribution in [-0.4, -0.2) is 21.0 Å². The Hall–Kier alpha value is -0.900. The molecule has 0 radical (unpaired) electrons. The van der Waals surface area contributed by atoms with Crippen LogP contribution in [0.3, 0.4) is 0 Å². The Morgan fingerprint density at radius 1 is 1.16 bits per heavy atom. The lowest BCUT2D eigenvalue weighted by Gasteiger charge is -2.01. The Morgan fingerprint density at radius 2 is 1.89 bits per heavy atom. The molecule has 0 saturated heterocycles. The second-order valence-corrected chi connectivity index (χ2v) is 5.75. The molecule has 0 bridgehead atoms. The third kappa shape index (κ3) is 6.19. The molecule has 108 valence electrons. The largest absolute Gasteiger partial charge is 0.308 e. The molecule has 1 aromatic heterocycles. The predicted octanol–water partition coefficient (Wildman–Crippen LogP) is 3.28. The molecule has 0 atom stereocenters. The lowest BCUT2D eigenvalue weighted by Crippen LogP contribution is -2.15. The molecule has 1 saturated carbocycles. The normalized spacial score (nSPS) is 15.0. The van der Waals surface area contributed by atoms with Crippen LogP contribution < -0.4 is 5.32 Å². The quantitative estimate of drug-likeness (QED) is 0.624. The van der Waals surface area contributed by atoms with E-state index in [9.17, 15) is 0 Å². The van der Waals surface area contributed by atoms with Gasteiger partial charge in [0.05, 0.1) is 5.69 Å². The lowest BCUT2D eigenvalue weighted by molar-refractivity contribution is 0.513. The molecule has 0 spiro atoms. The van der Waals surface area contributed by atoms with Crippen LogP contribution >= 0.6 is 0 Å².